The second-order valence-electron chi connectivity index (χ2n) is 6.74. The minimum atomic E-state index is -0.868. The fraction of sp³-hybridized carbons (Fsp3) is 0.409. The Morgan fingerprint density at radius 3 is 2.75 bits per heavy atom. The molecule has 6 nitrogen and oxygen atoms in total. The molecule has 28 heavy (non-hydrogen) atoms. The Morgan fingerprint density at radius 1 is 1.29 bits per heavy atom. The number of hydrogen-bond donors (Lipinski definition) is 3. The molecule has 1 aromatic rings. The molecule has 1 aromatic carbocycles. The number of para-hydroxylation sites is 1. The Hall–Kier alpha value is -2.66. The number of benzene rings is 1. The monoisotopic (exact) mass is 386 g/mol. The highest BCUT2D eigenvalue weighted by atomic mass is 16.5. The van der Waals surface area contributed by atoms with E-state index in [2.05, 4.69) is 5.73 Å². The summed E-state index contributed by atoms with van der Waals surface area (Å²) >= 11 is 0. The summed E-state index contributed by atoms with van der Waals surface area (Å²) in [5, 5.41) is 28.8. The number of allylic oxidation sites excluding steroid dienone is 1. The number of carboxylic acids is 1. The second-order valence-corrected chi connectivity index (χ2v) is 6.74. The molecule has 2 rings (SSSR count). The molecule has 4 atom stereocenters. The van der Waals surface area contributed by atoms with Gasteiger partial charge in [-0.2, -0.15) is 0 Å². The number of Topliss-reactive ketones (excluding diaryl/α,β-unsaturated/α-hetero) is 1. The molecule has 0 bridgehead atoms. The van der Waals surface area contributed by atoms with E-state index >= 15 is 0 Å². The molecular weight excluding hydrogens is 360 g/mol. The largest absolute Gasteiger partial charge is 0.491 e. The number of ketones is 1. The Morgan fingerprint density at radius 2 is 2.04 bits per heavy atom. The molecular formula is C22H26O6. The van der Waals surface area contributed by atoms with Crippen LogP contribution in [0.2, 0.25) is 0 Å². The number of hydrogen-bond acceptors (Lipinski definition) is 5. The number of carbonyl (C=O) groups excluding carboxylic acids is 1. The van der Waals surface area contributed by atoms with Gasteiger partial charge in [0, 0.05) is 24.7 Å². The molecule has 0 amide bonds. The number of rotatable bonds is 10. The van der Waals surface area contributed by atoms with Gasteiger partial charge in [-0.3, -0.25) is 9.59 Å². The minimum absolute atomic E-state index is 0.0271. The van der Waals surface area contributed by atoms with E-state index in [0.29, 0.717) is 18.6 Å². The van der Waals surface area contributed by atoms with Crippen molar-refractivity contribution in [2.45, 2.75) is 37.9 Å². The molecule has 0 aliphatic heterocycles. The first-order valence-electron chi connectivity index (χ1n) is 9.33. The lowest BCUT2D eigenvalue weighted by Crippen LogP contribution is -2.20. The molecule has 1 fully saturated rings. The van der Waals surface area contributed by atoms with E-state index in [0.717, 1.165) is 0 Å². The van der Waals surface area contributed by atoms with Gasteiger partial charge in [0.2, 0.25) is 0 Å². The van der Waals surface area contributed by atoms with Gasteiger partial charge in [0.1, 0.15) is 24.2 Å². The van der Waals surface area contributed by atoms with Crippen LogP contribution in [0.25, 0.3) is 0 Å². The van der Waals surface area contributed by atoms with Crippen LogP contribution in [-0.2, 0) is 9.59 Å². The van der Waals surface area contributed by atoms with Gasteiger partial charge in [0.25, 0.3) is 0 Å². The van der Waals surface area contributed by atoms with Crippen molar-refractivity contribution in [3.63, 3.8) is 0 Å². The average molecular weight is 386 g/mol. The Kier molecular flexibility index (Phi) is 8.69. The van der Waals surface area contributed by atoms with Gasteiger partial charge in [-0.25, -0.2) is 0 Å². The van der Waals surface area contributed by atoms with E-state index in [1.165, 1.54) is 0 Å². The number of carboxylic acid groups (broad SMARTS) is 1. The lowest BCUT2D eigenvalue weighted by Gasteiger charge is -2.16. The van der Waals surface area contributed by atoms with Crippen LogP contribution in [0, 0.1) is 11.8 Å². The maximum absolute atomic E-state index is 12.1. The fourth-order valence-corrected chi connectivity index (χ4v) is 3.10. The lowest BCUT2D eigenvalue weighted by atomic mass is 9.90. The van der Waals surface area contributed by atoms with Gasteiger partial charge in [-0.1, -0.05) is 30.4 Å². The third-order valence-corrected chi connectivity index (χ3v) is 4.56. The van der Waals surface area contributed by atoms with Crippen molar-refractivity contribution < 1.29 is 29.6 Å². The summed E-state index contributed by atoms with van der Waals surface area (Å²) in [5.74, 6) is -0.999. The van der Waals surface area contributed by atoms with Gasteiger partial charge < -0.3 is 20.1 Å². The first-order chi connectivity index (χ1) is 13.5. The zero-order valence-corrected chi connectivity index (χ0v) is 15.6. The van der Waals surface area contributed by atoms with Crippen LogP contribution in [0.15, 0.2) is 60.4 Å². The normalized spacial score (nSPS) is 22.6. The van der Waals surface area contributed by atoms with E-state index < -0.39 is 18.2 Å². The molecule has 0 unspecified atom stereocenters. The summed E-state index contributed by atoms with van der Waals surface area (Å²) in [6, 6.07) is 9.14. The molecule has 1 aliphatic carbocycles. The van der Waals surface area contributed by atoms with Crippen molar-refractivity contribution in [3.8, 4) is 5.75 Å². The van der Waals surface area contributed by atoms with Crippen LogP contribution in [-0.4, -0.2) is 45.9 Å². The first kappa shape index (κ1) is 21.6. The smallest absolute Gasteiger partial charge is 0.303 e. The predicted octanol–water partition coefficient (Wildman–Crippen LogP) is 2.51. The van der Waals surface area contributed by atoms with Gasteiger partial charge in [-0.15, -0.1) is 5.73 Å². The fourth-order valence-electron chi connectivity index (χ4n) is 3.10. The SMILES string of the molecule is O=C(O)CCC=C=CC[C@H]1C(=O)C[C@@H](O)[C@@H]1C=C[C@@H](O)COc1ccccc1. The maximum atomic E-state index is 12.1. The molecule has 0 spiro atoms. The van der Waals surface area contributed by atoms with Crippen molar-refractivity contribution in [1.29, 1.82) is 0 Å². The Labute approximate surface area is 164 Å². The molecule has 1 aliphatic rings. The highest BCUT2D eigenvalue weighted by molar-refractivity contribution is 5.84. The highest BCUT2D eigenvalue weighted by Crippen LogP contribution is 2.33. The van der Waals surface area contributed by atoms with Crippen LogP contribution in [0.1, 0.15) is 25.7 Å². The zero-order chi connectivity index (χ0) is 20.4. The molecule has 6 heteroatoms. The van der Waals surface area contributed by atoms with Gasteiger partial charge >= 0.3 is 5.97 Å². The topological polar surface area (TPSA) is 104 Å². The molecule has 1 saturated carbocycles. The summed E-state index contributed by atoms with van der Waals surface area (Å²) < 4.78 is 5.48. The van der Waals surface area contributed by atoms with E-state index in [-0.39, 0.29) is 37.1 Å². The van der Waals surface area contributed by atoms with Crippen LogP contribution in [0.5, 0.6) is 5.75 Å². The quantitative estimate of drug-likeness (QED) is 0.422. The lowest BCUT2D eigenvalue weighted by molar-refractivity contribution is -0.136. The molecule has 0 radical (unpaired) electrons. The zero-order valence-electron chi connectivity index (χ0n) is 15.6. The number of ether oxygens (including phenoxy) is 1. The molecule has 3 N–H and O–H groups in total. The minimum Gasteiger partial charge on any atom is -0.491 e. The number of carbonyl (C=O) groups is 2. The number of aliphatic hydroxyl groups excluding tert-OH is 2. The summed E-state index contributed by atoms with van der Waals surface area (Å²) in [7, 11) is 0. The Bertz CT molecular complexity index is 733. The second kappa shape index (κ2) is 11.2. The summed E-state index contributed by atoms with van der Waals surface area (Å²) in [4.78, 5) is 22.6. The van der Waals surface area contributed by atoms with E-state index in [4.69, 9.17) is 9.84 Å². The van der Waals surface area contributed by atoms with E-state index in [1.54, 1.807) is 36.4 Å². The van der Waals surface area contributed by atoms with Crippen LogP contribution < -0.4 is 4.74 Å². The van der Waals surface area contributed by atoms with Crippen LogP contribution >= 0.6 is 0 Å². The predicted molar refractivity (Wildman–Crippen MR) is 104 cm³/mol. The standard InChI is InChI=1S/C22H26O6/c23-16(15-28-17-8-4-3-5-9-17)12-13-19-18(20(24)14-21(19)25)10-6-1-2-7-11-22(26)27/h2-6,8-9,12-13,16,18-19,21,23,25H,7,10-11,14-15H2,(H,26,27)/t1?,16-,18-,19-,21-/m1/s1. The van der Waals surface area contributed by atoms with Crippen molar-refractivity contribution in [3.05, 3.63) is 60.4 Å². The number of aliphatic hydroxyl groups is 2. The van der Waals surface area contributed by atoms with Crippen molar-refractivity contribution in [1.82, 2.24) is 0 Å². The molecule has 0 aromatic heterocycles. The highest BCUT2D eigenvalue weighted by Gasteiger charge is 2.39. The van der Waals surface area contributed by atoms with Crippen molar-refractivity contribution in [2.24, 2.45) is 11.8 Å². The van der Waals surface area contributed by atoms with Gasteiger partial charge in [0.15, 0.2) is 0 Å². The average Bonchev–Trinajstić information content (AvgIpc) is 2.94. The third kappa shape index (κ3) is 7.16. The van der Waals surface area contributed by atoms with Crippen molar-refractivity contribution >= 4 is 11.8 Å². The summed E-state index contributed by atoms with van der Waals surface area (Å²) in [6.45, 7) is 0.0775. The third-order valence-electron chi connectivity index (χ3n) is 4.56. The molecule has 0 heterocycles. The first-order valence-corrected chi connectivity index (χ1v) is 9.33. The van der Waals surface area contributed by atoms with E-state index in [9.17, 15) is 19.8 Å². The van der Waals surface area contributed by atoms with Gasteiger partial charge in [0.05, 0.1) is 6.10 Å². The van der Waals surface area contributed by atoms with Gasteiger partial charge in [-0.05, 0) is 37.1 Å². The van der Waals surface area contributed by atoms with Crippen LogP contribution in [0.4, 0.5) is 0 Å². The number of aliphatic carboxylic acids is 1. The summed E-state index contributed by atoms with van der Waals surface area (Å²) in [5.41, 5.74) is 2.89. The Balaban J connectivity index is 1.87. The summed E-state index contributed by atoms with van der Waals surface area (Å²) in [6.07, 6.45) is 5.84. The van der Waals surface area contributed by atoms with E-state index in [1.807, 2.05) is 18.2 Å². The van der Waals surface area contributed by atoms with Crippen molar-refractivity contribution in [2.75, 3.05) is 6.61 Å². The molecule has 0 saturated heterocycles. The maximum Gasteiger partial charge on any atom is 0.303 e. The van der Waals surface area contributed by atoms with Crippen LogP contribution in [0.3, 0.4) is 0 Å². The molecule has 150 valence electrons.